The fraction of sp³-hybridized carbons (Fsp3) is 0. The summed E-state index contributed by atoms with van der Waals surface area (Å²) in [5.41, 5.74) is 2.14. The van der Waals surface area contributed by atoms with Crippen LogP contribution in [0, 0.1) is 0 Å². The zero-order valence-electron chi connectivity index (χ0n) is 19.2. The first-order chi connectivity index (χ1) is 17.3. The van der Waals surface area contributed by atoms with Crippen molar-refractivity contribution >= 4 is 63.3 Å². The quantitative estimate of drug-likeness (QED) is 0.176. The average Bonchev–Trinajstić information content (AvgIpc) is 2.94. The van der Waals surface area contributed by atoms with Gasteiger partial charge in [-0.2, -0.15) is 0 Å². The summed E-state index contributed by atoms with van der Waals surface area (Å²) in [7, 11) is 1.89. The van der Waals surface area contributed by atoms with E-state index in [0.717, 1.165) is 15.7 Å². The van der Waals surface area contributed by atoms with Crippen molar-refractivity contribution in [3.63, 3.8) is 0 Å². The van der Waals surface area contributed by atoms with E-state index in [-0.39, 0.29) is 0 Å². The van der Waals surface area contributed by atoms with Gasteiger partial charge < -0.3 is 0 Å². The molecule has 0 unspecified atom stereocenters. The van der Waals surface area contributed by atoms with Gasteiger partial charge in [0.05, 0.1) is 0 Å². The van der Waals surface area contributed by atoms with Crippen LogP contribution in [0.3, 0.4) is 0 Å². The predicted molar refractivity (Wildman–Crippen MR) is 159 cm³/mol. The number of thiocarbonyl (C=S) groups is 1. The van der Waals surface area contributed by atoms with Crippen LogP contribution in [-0.4, -0.2) is 16.4 Å². The van der Waals surface area contributed by atoms with E-state index in [4.69, 9.17) is 12.2 Å². The third-order valence-electron chi connectivity index (χ3n) is 5.99. The SMILES string of the molecule is S=C([S][Ge]([c]1ccccc1)([c]1ccccc1)[c]1ccccc1)N(c1ccccc1)c1ccccc1. The van der Waals surface area contributed by atoms with Gasteiger partial charge in [-0.15, -0.1) is 0 Å². The fourth-order valence-corrected chi connectivity index (χ4v) is 20.3. The Morgan fingerprint density at radius 3 is 1.06 bits per heavy atom. The predicted octanol–water partition coefficient (Wildman–Crippen LogP) is 6.51. The van der Waals surface area contributed by atoms with Crippen LogP contribution in [0.4, 0.5) is 11.4 Å². The monoisotopic (exact) mass is 549 g/mol. The van der Waals surface area contributed by atoms with Gasteiger partial charge >= 0.3 is 220 Å². The van der Waals surface area contributed by atoms with Crippen LogP contribution in [0.2, 0.25) is 0 Å². The summed E-state index contributed by atoms with van der Waals surface area (Å²) >= 11 is 3.02. The Balaban J connectivity index is 1.71. The molecule has 35 heavy (non-hydrogen) atoms. The van der Waals surface area contributed by atoms with Gasteiger partial charge in [0, 0.05) is 0 Å². The van der Waals surface area contributed by atoms with E-state index in [2.05, 4.69) is 144 Å². The summed E-state index contributed by atoms with van der Waals surface area (Å²) in [4.78, 5) is 2.22. The average molecular weight is 548 g/mol. The van der Waals surface area contributed by atoms with Crippen molar-refractivity contribution in [3.05, 3.63) is 152 Å². The molecule has 0 aromatic heterocycles. The first-order valence-electron chi connectivity index (χ1n) is 11.6. The molecule has 0 aliphatic rings. The van der Waals surface area contributed by atoms with Gasteiger partial charge in [-0.05, 0) is 0 Å². The van der Waals surface area contributed by atoms with Crippen molar-refractivity contribution in [2.45, 2.75) is 0 Å². The van der Waals surface area contributed by atoms with Crippen molar-refractivity contribution in [2.75, 3.05) is 4.90 Å². The van der Waals surface area contributed by atoms with Crippen LogP contribution in [0.25, 0.3) is 0 Å². The second kappa shape index (κ2) is 11.1. The molecule has 170 valence electrons. The van der Waals surface area contributed by atoms with Gasteiger partial charge in [0.2, 0.25) is 0 Å². The normalized spacial score (nSPS) is 11.1. The first kappa shape index (κ1) is 23.6. The minimum atomic E-state index is -3.30. The third kappa shape index (κ3) is 4.99. The molecule has 0 saturated heterocycles. The summed E-state index contributed by atoms with van der Waals surface area (Å²) in [5.74, 6) is 0. The van der Waals surface area contributed by atoms with E-state index in [1.807, 2.05) is 22.2 Å². The maximum absolute atomic E-state index is 6.32. The third-order valence-corrected chi connectivity index (χ3v) is 22.1. The van der Waals surface area contributed by atoms with Crippen molar-refractivity contribution < 1.29 is 0 Å². The van der Waals surface area contributed by atoms with Crippen LogP contribution in [0.1, 0.15) is 0 Å². The molecule has 5 rings (SSSR count). The van der Waals surface area contributed by atoms with Crippen LogP contribution in [-0.2, 0) is 0 Å². The van der Waals surface area contributed by atoms with E-state index in [1.165, 1.54) is 13.2 Å². The summed E-state index contributed by atoms with van der Waals surface area (Å²) in [6.45, 7) is 0. The first-order valence-corrected chi connectivity index (χ1v) is 18.5. The summed E-state index contributed by atoms with van der Waals surface area (Å²) < 4.78 is 4.98. The standard InChI is InChI=1S/C31H25GeNS2/c34-31(33(29-22-12-4-13-23-29)30-24-14-5-15-25-30)35-32(26-16-6-1-7-17-26,27-18-8-2-9-19-27)28-20-10-3-11-21-28/h1-25H. The molecular formula is C31H25GeNS2. The molecule has 0 aliphatic heterocycles. The summed E-state index contributed by atoms with van der Waals surface area (Å²) in [5, 5.41) is 0. The second-order valence-corrected chi connectivity index (χ2v) is 20.3. The molecule has 0 radical (unpaired) electrons. The zero-order chi connectivity index (χ0) is 23.9. The van der Waals surface area contributed by atoms with E-state index >= 15 is 0 Å². The number of hydrogen-bond acceptors (Lipinski definition) is 2. The topological polar surface area (TPSA) is 3.24 Å². The van der Waals surface area contributed by atoms with Gasteiger partial charge in [-0.1, -0.05) is 0 Å². The Morgan fingerprint density at radius 2 is 0.743 bits per heavy atom. The Hall–Kier alpha value is -3.12. The molecule has 0 saturated carbocycles. The molecule has 0 atom stereocenters. The minimum absolute atomic E-state index is 0.860. The van der Waals surface area contributed by atoms with Crippen LogP contribution in [0.15, 0.2) is 152 Å². The van der Waals surface area contributed by atoms with Crippen molar-refractivity contribution in [1.82, 2.24) is 0 Å². The number of hydrogen-bond donors (Lipinski definition) is 0. The molecule has 1 nitrogen and oxygen atoms in total. The number of rotatable bonds is 6. The molecule has 5 aromatic rings. The summed E-state index contributed by atoms with van der Waals surface area (Å²) in [6, 6.07) is 53.7. The molecule has 0 aliphatic carbocycles. The fourth-order valence-electron chi connectivity index (χ4n) is 4.39. The summed E-state index contributed by atoms with van der Waals surface area (Å²) in [6.07, 6.45) is 0. The molecule has 0 amide bonds. The molecule has 0 bridgehead atoms. The number of para-hydroxylation sites is 2. The van der Waals surface area contributed by atoms with Crippen LogP contribution < -0.4 is 18.1 Å². The molecule has 0 fully saturated rings. The molecule has 0 N–H and O–H groups in total. The van der Waals surface area contributed by atoms with Crippen molar-refractivity contribution in [1.29, 1.82) is 0 Å². The Labute approximate surface area is 218 Å². The van der Waals surface area contributed by atoms with E-state index < -0.39 is 12.1 Å². The molecule has 0 heterocycles. The molecule has 0 spiro atoms. The van der Waals surface area contributed by atoms with Crippen LogP contribution >= 0.6 is 22.3 Å². The van der Waals surface area contributed by atoms with Gasteiger partial charge in [-0.3, -0.25) is 0 Å². The van der Waals surface area contributed by atoms with Gasteiger partial charge in [-0.25, -0.2) is 0 Å². The number of benzene rings is 5. The van der Waals surface area contributed by atoms with Crippen molar-refractivity contribution in [2.24, 2.45) is 0 Å². The Bertz CT molecular complexity index is 1230. The van der Waals surface area contributed by atoms with E-state index in [9.17, 15) is 0 Å². The van der Waals surface area contributed by atoms with E-state index in [1.54, 1.807) is 0 Å². The zero-order valence-corrected chi connectivity index (χ0v) is 22.9. The maximum atomic E-state index is 6.32. The Morgan fingerprint density at radius 1 is 0.457 bits per heavy atom. The number of nitrogens with zero attached hydrogens (tertiary/aromatic N) is 1. The van der Waals surface area contributed by atoms with Gasteiger partial charge in [0.1, 0.15) is 0 Å². The number of anilines is 2. The van der Waals surface area contributed by atoms with Gasteiger partial charge in [0.25, 0.3) is 0 Å². The molecule has 5 aromatic carbocycles. The molecular weight excluding hydrogens is 523 g/mol. The van der Waals surface area contributed by atoms with Gasteiger partial charge in [0.15, 0.2) is 0 Å². The molecule has 4 heteroatoms. The second-order valence-electron chi connectivity index (χ2n) is 8.15. The Kier molecular flexibility index (Phi) is 7.48. The van der Waals surface area contributed by atoms with Crippen molar-refractivity contribution in [3.8, 4) is 0 Å². The van der Waals surface area contributed by atoms with Crippen LogP contribution in [0.5, 0.6) is 0 Å². The van der Waals surface area contributed by atoms with E-state index in [0.29, 0.717) is 0 Å².